The second-order valence-corrected chi connectivity index (χ2v) is 3.08. The number of rotatable bonds is 4. The van der Waals surface area contributed by atoms with Crippen LogP contribution in [0, 0.1) is 0 Å². The van der Waals surface area contributed by atoms with Crippen LogP contribution in [0.1, 0.15) is 33.1 Å². The van der Waals surface area contributed by atoms with Crippen molar-refractivity contribution in [3.63, 3.8) is 0 Å². The van der Waals surface area contributed by atoms with Gasteiger partial charge in [0.2, 0.25) is 0 Å². The highest BCUT2D eigenvalue weighted by molar-refractivity contribution is 5.69. The average molecular weight is 159 g/mol. The molecule has 0 amide bonds. The molecule has 0 saturated carbocycles. The van der Waals surface area contributed by atoms with E-state index in [2.05, 4.69) is 4.74 Å². The Bertz CT molecular complexity index is 132. The van der Waals surface area contributed by atoms with Gasteiger partial charge in [0.1, 0.15) is 0 Å². The Morgan fingerprint density at radius 1 is 1.64 bits per heavy atom. The van der Waals surface area contributed by atoms with Gasteiger partial charge in [-0.25, -0.2) is 0 Å². The maximum atomic E-state index is 10.7. The Hall–Kier alpha value is -0.570. The molecule has 0 aliphatic rings. The van der Waals surface area contributed by atoms with Crippen molar-refractivity contribution < 1.29 is 9.53 Å². The van der Waals surface area contributed by atoms with Gasteiger partial charge in [-0.05, 0) is 19.8 Å². The van der Waals surface area contributed by atoms with E-state index in [-0.39, 0.29) is 11.5 Å². The van der Waals surface area contributed by atoms with Crippen LogP contribution in [-0.2, 0) is 9.53 Å². The third-order valence-corrected chi connectivity index (χ3v) is 1.94. The average Bonchev–Trinajstić information content (AvgIpc) is 2.00. The molecule has 0 saturated heterocycles. The second-order valence-electron chi connectivity index (χ2n) is 3.08. The highest BCUT2D eigenvalue weighted by Gasteiger charge is 2.16. The molecule has 11 heavy (non-hydrogen) atoms. The standard InChI is InChI=1S/C8H17NO2/c1-4-8(2,9)6-5-7(10)11-3/h4-6,9H2,1-3H3. The van der Waals surface area contributed by atoms with Gasteiger partial charge in [0.15, 0.2) is 0 Å². The highest BCUT2D eigenvalue weighted by Crippen LogP contribution is 2.12. The Morgan fingerprint density at radius 3 is 2.55 bits per heavy atom. The number of carbonyl (C=O) groups excluding carboxylic acids is 1. The van der Waals surface area contributed by atoms with Gasteiger partial charge in [0, 0.05) is 12.0 Å². The van der Waals surface area contributed by atoms with Gasteiger partial charge in [-0.2, -0.15) is 0 Å². The topological polar surface area (TPSA) is 52.3 Å². The van der Waals surface area contributed by atoms with E-state index in [0.29, 0.717) is 12.8 Å². The lowest BCUT2D eigenvalue weighted by Crippen LogP contribution is -2.35. The fraction of sp³-hybridized carbons (Fsp3) is 0.875. The number of nitrogens with two attached hydrogens (primary N) is 1. The largest absolute Gasteiger partial charge is 0.469 e. The molecule has 1 atom stereocenters. The van der Waals surface area contributed by atoms with Crippen molar-refractivity contribution in [3.05, 3.63) is 0 Å². The van der Waals surface area contributed by atoms with E-state index in [1.807, 2.05) is 13.8 Å². The molecule has 0 aliphatic heterocycles. The maximum absolute atomic E-state index is 10.7. The fourth-order valence-corrected chi connectivity index (χ4v) is 0.666. The Balaban J connectivity index is 3.61. The molecule has 0 spiro atoms. The Labute approximate surface area is 67.9 Å². The lowest BCUT2D eigenvalue weighted by molar-refractivity contribution is -0.141. The summed E-state index contributed by atoms with van der Waals surface area (Å²) in [6.45, 7) is 3.95. The molecule has 2 N–H and O–H groups in total. The van der Waals surface area contributed by atoms with Crippen molar-refractivity contribution in [2.24, 2.45) is 5.73 Å². The summed E-state index contributed by atoms with van der Waals surface area (Å²) in [6.07, 6.45) is 1.98. The summed E-state index contributed by atoms with van der Waals surface area (Å²) in [6, 6.07) is 0. The van der Waals surface area contributed by atoms with Crippen molar-refractivity contribution >= 4 is 5.97 Å². The van der Waals surface area contributed by atoms with E-state index >= 15 is 0 Å². The SMILES string of the molecule is CCC(C)(N)CCC(=O)OC. The number of hydrogen-bond acceptors (Lipinski definition) is 3. The molecule has 1 unspecified atom stereocenters. The number of hydrogen-bond donors (Lipinski definition) is 1. The van der Waals surface area contributed by atoms with Gasteiger partial charge < -0.3 is 10.5 Å². The summed E-state index contributed by atoms with van der Waals surface area (Å²) < 4.78 is 4.50. The van der Waals surface area contributed by atoms with Gasteiger partial charge in [0.05, 0.1) is 7.11 Å². The summed E-state index contributed by atoms with van der Waals surface area (Å²) >= 11 is 0. The quantitative estimate of drug-likeness (QED) is 0.624. The maximum Gasteiger partial charge on any atom is 0.305 e. The molecular weight excluding hydrogens is 142 g/mol. The van der Waals surface area contributed by atoms with E-state index in [4.69, 9.17) is 5.73 Å². The molecule has 0 aromatic rings. The molecule has 3 heteroatoms. The molecule has 0 bridgehead atoms. The first-order valence-corrected chi connectivity index (χ1v) is 3.87. The van der Waals surface area contributed by atoms with Crippen molar-refractivity contribution in [2.75, 3.05) is 7.11 Å². The summed E-state index contributed by atoms with van der Waals surface area (Å²) in [7, 11) is 1.39. The van der Waals surface area contributed by atoms with Crippen molar-refractivity contribution in [1.29, 1.82) is 0 Å². The summed E-state index contributed by atoms with van der Waals surface area (Å²) in [5.74, 6) is -0.185. The molecule has 0 aliphatic carbocycles. The molecular formula is C8H17NO2. The summed E-state index contributed by atoms with van der Waals surface area (Å²) in [5.41, 5.74) is 5.58. The number of ether oxygens (including phenoxy) is 1. The predicted octanol–water partition coefficient (Wildman–Crippen LogP) is 1.07. The minimum absolute atomic E-state index is 0.185. The predicted molar refractivity (Wildman–Crippen MR) is 44.1 cm³/mol. The third kappa shape index (κ3) is 4.79. The Morgan fingerprint density at radius 2 is 2.18 bits per heavy atom. The Kier molecular flexibility index (Phi) is 4.11. The van der Waals surface area contributed by atoms with Gasteiger partial charge in [-0.3, -0.25) is 4.79 Å². The van der Waals surface area contributed by atoms with Crippen molar-refractivity contribution in [1.82, 2.24) is 0 Å². The van der Waals surface area contributed by atoms with Gasteiger partial charge in [-0.15, -0.1) is 0 Å². The van der Waals surface area contributed by atoms with Crippen LogP contribution in [-0.4, -0.2) is 18.6 Å². The summed E-state index contributed by atoms with van der Waals surface area (Å²) in [4.78, 5) is 10.7. The first kappa shape index (κ1) is 10.4. The van der Waals surface area contributed by atoms with Crippen LogP contribution in [0.25, 0.3) is 0 Å². The van der Waals surface area contributed by atoms with Crippen LogP contribution in [0.2, 0.25) is 0 Å². The van der Waals surface area contributed by atoms with Gasteiger partial charge in [-0.1, -0.05) is 6.92 Å². The third-order valence-electron chi connectivity index (χ3n) is 1.94. The van der Waals surface area contributed by atoms with Gasteiger partial charge in [0.25, 0.3) is 0 Å². The molecule has 66 valence electrons. The molecule has 0 heterocycles. The molecule has 0 aromatic carbocycles. The number of carbonyl (C=O) groups is 1. The lowest BCUT2D eigenvalue weighted by Gasteiger charge is -2.21. The molecule has 0 fully saturated rings. The summed E-state index contributed by atoms with van der Waals surface area (Å²) in [5, 5.41) is 0. The smallest absolute Gasteiger partial charge is 0.305 e. The number of esters is 1. The normalized spacial score (nSPS) is 15.6. The zero-order chi connectivity index (χ0) is 8.91. The van der Waals surface area contributed by atoms with E-state index in [1.165, 1.54) is 7.11 Å². The van der Waals surface area contributed by atoms with Crippen LogP contribution in [0.15, 0.2) is 0 Å². The van der Waals surface area contributed by atoms with Crippen LogP contribution in [0.4, 0.5) is 0 Å². The first-order valence-electron chi connectivity index (χ1n) is 3.87. The minimum Gasteiger partial charge on any atom is -0.469 e. The fourth-order valence-electron chi connectivity index (χ4n) is 0.666. The minimum atomic E-state index is -0.228. The van der Waals surface area contributed by atoms with Crippen molar-refractivity contribution in [3.8, 4) is 0 Å². The highest BCUT2D eigenvalue weighted by atomic mass is 16.5. The van der Waals surface area contributed by atoms with Crippen LogP contribution >= 0.6 is 0 Å². The van der Waals surface area contributed by atoms with Crippen LogP contribution in [0.5, 0.6) is 0 Å². The van der Waals surface area contributed by atoms with Gasteiger partial charge >= 0.3 is 5.97 Å². The second kappa shape index (κ2) is 4.34. The van der Waals surface area contributed by atoms with E-state index in [0.717, 1.165) is 6.42 Å². The van der Waals surface area contributed by atoms with Crippen LogP contribution in [0.3, 0.4) is 0 Å². The van der Waals surface area contributed by atoms with Crippen LogP contribution < -0.4 is 5.73 Å². The molecule has 0 radical (unpaired) electrons. The van der Waals surface area contributed by atoms with E-state index < -0.39 is 0 Å². The molecule has 3 nitrogen and oxygen atoms in total. The molecule has 0 rings (SSSR count). The van der Waals surface area contributed by atoms with E-state index in [1.54, 1.807) is 0 Å². The zero-order valence-electron chi connectivity index (χ0n) is 7.52. The van der Waals surface area contributed by atoms with E-state index in [9.17, 15) is 4.79 Å². The first-order chi connectivity index (χ1) is 5.02. The molecule has 0 aromatic heterocycles. The lowest BCUT2D eigenvalue weighted by atomic mass is 9.94. The van der Waals surface area contributed by atoms with Crippen molar-refractivity contribution in [2.45, 2.75) is 38.6 Å². The number of methoxy groups -OCH3 is 1. The monoisotopic (exact) mass is 159 g/mol. The zero-order valence-corrected chi connectivity index (χ0v) is 7.52.